The van der Waals surface area contributed by atoms with Gasteiger partial charge in [0.2, 0.25) is 0 Å². The van der Waals surface area contributed by atoms with Gasteiger partial charge in [0.1, 0.15) is 5.51 Å². The van der Waals surface area contributed by atoms with Gasteiger partial charge >= 0.3 is 0 Å². The monoisotopic (exact) mass is 256 g/mol. The lowest BCUT2D eigenvalue weighted by Gasteiger charge is -2.01. The van der Waals surface area contributed by atoms with E-state index in [2.05, 4.69) is 10.2 Å². The van der Waals surface area contributed by atoms with E-state index in [1.54, 1.807) is 23.7 Å². The van der Waals surface area contributed by atoms with Gasteiger partial charge in [-0.05, 0) is 18.2 Å². The van der Waals surface area contributed by atoms with E-state index in [0.717, 1.165) is 15.5 Å². The predicted molar refractivity (Wildman–Crippen MR) is 60.9 cm³/mol. The van der Waals surface area contributed by atoms with Crippen LogP contribution in [0.15, 0.2) is 32.9 Å². The minimum absolute atomic E-state index is 0.554. The van der Waals surface area contributed by atoms with E-state index < -0.39 is 0 Å². The Bertz CT molecular complexity index is 473. The Morgan fingerprint density at radius 3 is 3.00 bits per heavy atom. The fourth-order valence-corrected chi connectivity index (χ4v) is 2.69. The summed E-state index contributed by atoms with van der Waals surface area (Å²) < 4.78 is 0.806. The van der Waals surface area contributed by atoms with Crippen LogP contribution < -0.4 is 0 Å². The van der Waals surface area contributed by atoms with Crippen molar-refractivity contribution in [3.8, 4) is 0 Å². The first kappa shape index (κ1) is 10.6. The summed E-state index contributed by atoms with van der Waals surface area (Å²) in [5.74, 6) is 0. The van der Waals surface area contributed by atoms with Crippen LogP contribution in [0.25, 0.3) is 0 Å². The van der Waals surface area contributed by atoms with Crippen LogP contribution in [0.2, 0.25) is 5.02 Å². The zero-order chi connectivity index (χ0) is 10.7. The highest BCUT2D eigenvalue weighted by atomic mass is 35.5. The molecule has 1 aromatic heterocycles. The molecule has 3 nitrogen and oxygen atoms in total. The average Bonchev–Trinajstić information content (AvgIpc) is 2.73. The van der Waals surface area contributed by atoms with Crippen LogP contribution >= 0.6 is 34.7 Å². The first-order chi connectivity index (χ1) is 7.29. The first-order valence-corrected chi connectivity index (χ1v) is 6.06. The number of carbonyl (C=O) groups is 1. The third-order valence-corrected chi connectivity index (χ3v) is 3.74. The van der Waals surface area contributed by atoms with Crippen LogP contribution in [0, 0.1) is 0 Å². The molecule has 2 aromatic rings. The summed E-state index contributed by atoms with van der Waals surface area (Å²) in [5, 5.41) is 8.17. The van der Waals surface area contributed by atoms with Crippen molar-refractivity contribution >= 4 is 41.0 Å². The van der Waals surface area contributed by atoms with Crippen molar-refractivity contribution in [3.63, 3.8) is 0 Å². The molecule has 0 amide bonds. The maximum atomic E-state index is 10.8. The van der Waals surface area contributed by atoms with Gasteiger partial charge in [-0.15, -0.1) is 10.2 Å². The zero-order valence-electron chi connectivity index (χ0n) is 7.38. The molecule has 0 N–H and O–H groups in total. The topological polar surface area (TPSA) is 42.9 Å². The Morgan fingerprint density at radius 2 is 2.33 bits per heavy atom. The lowest BCUT2D eigenvalue weighted by Crippen LogP contribution is -1.84. The number of rotatable bonds is 3. The Balaban J connectivity index is 2.32. The SMILES string of the molecule is O=Cc1cc(Cl)ccc1Sc1nncs1. The minimum Gasteiger partial charge on any atom is -0.298 e. The summed E-state index contributed by atoms with van der Waals surface area (Å²) in [6, 6.07) is 5.19. The van der Waals surface area contributed by atoms with E-state index in [1.807, 2.05) is 0 Å². The van der Waals surface area contributed by atoms with Gasteiger partial charge in [0.25, 0.3) is 0 Å². The molecule has 1 heterocycles. The number of benzene rings is 1. The summed E-state index contributed by atoms with van der Waals surface area (Å²) in [5.41, 5.74) is 2.22. The summed E-state index contributed by atoms with van der Waals surface area (Å²) in [6.07, 6.45) is 0.787. The largest absolute Gasteiger partial charge is 0.298 e. The zero-order valence-corrected chi connectivity index (χ0v) is 9.77. The van der Waals surface area contributed by atoms with Crippen molar-refractivity contribution in [1.29, 1.82) is 0 Å². The van der Waals surface area contributed by atoms with Gasteiger partial charge in [0.05, 0.1) is 0 Å². The number of aromatic nitrogens is 2. The van der Waals surface area contributed by atoms with Gasteiger partial charge in [-0.3, -0.25) is 4.79 Å². The van der Waals surface area contributed by atoms with Crippen molar-refractivity contribution < 1.29 is 4.79 Å². The van der Waals surface area contributed by atoms with E-state index in [4.69, 9.17) is 11.6 Å². The summed E-state index contributed by atoms with van der Waals surface area (Å²) in [4.78, 5) is 11.6. The van der Waals surface area contributed by atoms with Crippen LogP contribution in [-0.2, 0) is 0 Å². The molecule has 2 rings (SSSR count). The third-order valence-electron chi connectivity index (χ3n) is 1.64. The standard InChI is InChI=1S/C9H5ClN2OS2/c10-7-1-2-8(6(3-7)4-13)15-9-12-11-5-14-9/h1-5H. The van der Waals surface area contributed by atoms with E-state index in [1.165, 1.54) is 23.1 Å². The molecular formula is C9H5ClN2OS2. The number of halogens is 1. The van der Waals surface area contributed by atoms with Crippen LogP contribution in [0.5, 0.6) is 0 Å². The Hall–Kier alpha value is -0.910. The second-order valence-electron chi connectivity index (χ2n) is 2.61. The van der Waals surface area contributed by atoms with E-state index in [0.29, 0.717) is 10.6 Å². The lowest BCUT2D eigenvalue weighted by molar-refractivity contribution is 0.112. The van der Waals surface area contributed by atoms with Crippen molar-refractivity contribution in [3.05, 3.63) is 34.3 Å². The Labute approximate surface area is 99.5 Å². The molecule has 0 aliphatic heterocycles. The van der Waals surface area contributed by atoms with Gasteiger partial charge in [-0.25, -0.2) is 0 Å². The molecule has 0 saturated heterocycles. The maximum absolute atomic E-state index is 10.8. The van der Waals surface area contributed by atoms with Gasteiger partial charge in [0.15, 0.2) is 10.6 Å². The summed E-state index contributed by atoms with van der Waals surface area (Å²) in [6.45, 7) is 0. The summed E-state index contributed by atoms with van der Waals surface area (Å²) in [7, 11) is 0. The van der Waals surface area contributed by atoms with Crippen LogP contribution in [0.4, 0.5) is 0 Å². The molecule has 15 heavy (non-hydrogen) atoms. The Kier molecular flexibility index (Phi) is 3.35. The molecule has 0 unspecified atom stereocenters. The fraction of sp³-hybridized carbons (Fsp3) is 0. The molecule has 0 saturated carbocycles. The third kappa shape index (κ3) is 2.56. The molecule has 0 spiro atoms. The highest BCUT2D eigenvalue weighted by Gasteiger charge is 2.06. The average molecular weight is 257 g/mol. The van der Waals surface area contributed by atoms with Crippen molar-refractivity contribution in [2.75, 3.05) is 0 Å². The number of hydrogen-bond donors (Lipinski definition) is 0. The van der Waals surface area contributed by atoms with Crippen LogP contribution in [0.3, 0.4) is 0 Å². The molecule has 0 fully saturated rings. The molecular weight excluding hydrogens is 252 g/mol. The normalized spacial score (nSPS) is 10.2. The van der Waals surface area contributed by atoms with Crippen LogP contribution in [0.1, 0.15) is 10.4 Å². The van der Waals surface area contributed by atoms with E-state index in [9.17, 15) is 4.79 Å². The molecule has 6 heteroatoms. The molecule has 0 bridgehead atoms. The van der Waals surface area contributed by atoms with Gasteiger partial charge < -0.3 is 0 Å². The smallest absolute Gasteiger partial charge is 0.178 e. The van der Waals surface area contributed by atoms with Crippen molar-refractivity contribution in [2.45, 2.75) is 9.24 Å². The number of aldehydes is 1. The number of carbonyl (C=O) groups excluding carboxylic acids is 1. The quantitative estimate of drug-likeness (QED) is 0.792. The van der Waals surface area contributed by atoms with Crippen LogP contribution in [-0.4, -0.2) is 16.5 Å². The molecule has 0 aliphatic carbocycles. The second kappa shape index (κ2) is 4.74. The second-order valence-corrected chi connectivity index (χ2v) is 5.17. The highest BCUT2D eigenvalue weighted by molar-refractivity contribution is 8.01. The summed E-state index contributed by atoms with van der Waals surface area (Å²) >= 11 is 8.63. The van der Waals surface area contributed by atoms with E-state index in [-0.39, 0.29) is 0 Å². The molecule has 0 atom stereocenters. The van der Waals surface area contributed by atoms with Gasteiger partial charge in [0, 0.05) is 15.5 Å². The fourth-order valence-electron chi connectivity index (χ4n) is 1.01. The van der Waals surface area contributed by atoms with Gasteiger partial charge in [-0.1, -0.05) is 34.7 Å². The number of nitrogens with zero attached hydrogens (tertiary/aromatic N) is 2. The molecule has 0 aliphatic rings. The number of hydrogen-bond acceptors (Lipinski definition) is 5. The van der Waals surface area contributed by atoms with Crippen molar-refractivity contribution in [2.24, 2.45) is 0 Å². The molecule has 0 radical (unpaired) electrons. The first-order valence-electron chi connectivity index (χ1n) is 3.98. The maximum Gasteiger partial charge on any atom is 0.178 e. The van der Waals surface area contributed by atoms with Gasteiger partial charge in [-0.2, -0.15) is 0 Å². The van der Waals surface area contributed by atoms with Crippen molar-refractivity contribution in [1.82, 2.24) is 10.2 Å². The lowest BCUT2D eigenvalue weighted by atomic mass is 10.2. The Morgan fingerprint density at radius 1 is 1.47 bits per heavy atom. The molecule has 1 aromatic carbocycles. The molecule has 76 valence electrons. The predicted octanol–water partition coefficient (Wildman–Crippen LogP) is 3.16. The highest BCUT2D eigenvalue weighted by Crippen LogP contribution is 2.31. The minimum atomic E-state index is 0.554. The van der Waals surface area contributed by atoms with E-state index >= 15 is 0 Å².